The van der Waals surface area contributed by atoms with Gasteiger partial charge in [0.05, 0.1) is 12.1 Å². The molecular formula is C31H41N3O4. The van der Waals surface area contributed by atoms with Crippen molar-refractivity contribution in [3.05, 3.63) is 58.8 Å². The highest BCUT2D eigenvalue weighted by Gasteiger charge is 2.46. The van der Waals surface area contributed by atoms with Crippen molar-refractivity contribution in [1.82, 2.24) is 15.6 Å². The van der Waals surface area contributed by atoms with Crippen LogP contribution in [0.1, 0.15) is 74.8 Å². The van der Waals surface area contributed by atoms with Gasteiger partial charge in [0.2, 0.25) is 11.8 Å². The first kappa shape index (κ1) is 28.1. The van der Waals surface area contributed by atoms with Crippen molar-refractivity contribution in [2.45, 2.75) is 83.1 Å². The van der Waals surface area contributed by atoms with Crippen LogP contribution < -0.4 is 15.4 Å². The zero-order valence-corrected chi connectivity index (χ0v) is 23.0. The molecule has 0 bridgehead atoms. The van der Waals surface area contributed by atoms with Gasteiger partial charge in [-0.25, -0.2) is 4.98 Å². The molecule has 1 saturated carbocycles. The molecule has 1 spiro atoms. The van der Waals surface area contributed by atoms with Gasteiger partial charge in [-0.1, -0.05) is 38.8 Å². The van der Waals surface area contributed by atoms with Crippen molar-refractivity contribution < 1.29 is 19.4 Å². The lowest BCUT2D eigenvalue weighted by molar-refractivity contribution is -0.126. The van der Waals surface area contributed by atoms with Gasteiger partial charge in [-0.15, -0.1) is 6.42 Å². The fourth-order valence-electron chi connectivity index (χ4n) is 5.46. The van der Waals surface area contributed by atoms with Gasteiger partial charge in [0.1, 0.15) is 12.2 Å². The second-order valence-electron chi connectivity index (χ2n) is 12.0. The third-order valence-corrected chi connectivity index (χ3v) is 7.41. The maximum atomic E-state index is 12.4. The van der Waals surface area contributed by atoms with Crippen LogP contribution in [-0.4, -0.2) is 54.0 Å². The van der Waals surface area contributed by atoms with Crippen LogP contribution in [0.3, 0.4) is 0 Å². The summed E-state index contributed by atoms with van der Waals surface area (Å²) in [7, 11) is 1.48. The van der Waals surface area contributed by atoms with Crippen molar-refractivity contribution in [3.63, 3.8) is 0 Å². The number of aliphatic hydroxyl groups is 1. The molecule has 1 aliphatic carbocycles. The Kier molecular flexibility index (Phi) is 8.77. The molecule has 0 unspecified atom stereocenters. The Hall–Kier alpha value is -2.92. The number of fused-ring (bicyclic) bond motifs is 1. The summed E-state index contributed by atoms with van der Waals surface area (Å²) in [6.45, 7) is 6.89. The number of ether oxygens (including phenoxy) is 2. The molecular weight excluding hydrogens is 478 g/mol. The van der Waals surface area contributed by atoms with E-state index in [-0.39, 0.29) is 29.6 Å². The first-order valence-corrected chi connectivity index (χ1v) is 13.5. The van der Waals surface area contributed by atoms with E-state index in [1.54, 1.807) is 0 Å². The molecule has 38 heavy (non-hydrogen) atoms. The quantitative estimate of drug-likeness (QED) is 0.415. The average molecular weight is 520 g/mol. The zero-order chi connectivity index (χ0) is 27.3. The van der Waals surface area contributed by atoms with E-state index in [9.17, 15) is 9.90 Å². The van der Waals surface area contributed by atoms with Gasteiger partial charge < -0.3 is 25.2 Å². The lowest BCUT2D eigenvalue weighted by Crippen LogP contribution is -2.52. The predicted molar refractivity (Wildman–Crippen MR) is 148 cm³/mol. The second-order valence-corrected chi connectivity index (χ2v) is 12.0. The Morgan fingerprint density at radius 1 is 1.32 bits per heavy atom. The van der Waals surface area contributed by atoms with Gasteiger partial charge >= 0.3 is 0 Å². The number of rotatable bonds is 10. The number of nitrogens with zero attached hydrogens (tertiary/aromatic N) is 1. The highest BCUT2D eigenvalue weighted by molar-refractivity contribution is 5.77. The van der Waals surface area contributed by atoms with Crippen molar-refractivity contribution in [2.75, 3.05) is 20.3 Å². The maximum Gasteiger partial charge on any atom is 0.246 e. The number of carbonyl (C=O) groups excluding carboxylic acids is 1. The molecule has 3 N–H and O–H groups in total. The number of hydrogen-bond acceptors (Lipinski definition) is 6. The molecule has 1 aromatic heterocycles. The average Bonchev–Trinajstić information content (AvgIpc) is 2.85. The molecule has 204 valence electrons. The van der Waals surface area contributed by atoms with Crippen LogP contribution in [-0.2, 0) is 22.4 Å². The van der Waals surface area contributed by atoms with Gasteiger partial charge in [0.15, 0.2) is 0 Å². The summed E-state index contributed by atoms with van der Waals surface area (Å²) in [5.41, 5.74) is 3.89. The Balaban J connectivity index is 1.51. The lowest BCUT2D eigenvalue weighted by Gasteiger charge is -2.47. The standard InChI is InChI=1S/C31H41N3O4/c1-6-21-9-7-10-22(13-21)15-25(34-28(36)20-37-5)27(35)19-32-26-17-31(11-8-12-31)38-29-24(26)14-23(18-33-29)16-30(2,3)4/h1,7,9-10,13-14,18,25-27,32,35H,8,11-12,15-17,19-20H2,2-5H3,(H,34,36)/t25-,26-,27-/m0/s1. The first-order valence-electron chi connectivity index (χ1n) is 13.5. The molecule has 0 radical (unpaired) electrons. The van der Waals surface area contributed by atoms with Crippen molar-refractivity contribution in [1.29, 1.82) is 0 Å². The van der Waals surface area contributed by atoms with E-state index in [0.717, 1.165) is 48.8 Å². The minimum atomic E-state index is -0.834. The van der Waals surface area contributed by atoms with Crippen molar-refractivity contribution in [3.8, 4) is 18.2 Å². The predicted octanol–water partition coefficient (Wildman–Crippen LogP) is 3.72. The van der Waals surface area contributed by atoms with E-state index in [2.05, 4.69) is 43.4 Å². The SMILES string of the molecule is C#Cc1cccc(C[C@H](NC(=O)COC)[C@@H](O)CN[C@H]2CC3(CCC3)Oc3ncc(CC(C)(C)C)cc32)c1. The summed E-state index contributed by atoms with van der Waals surface area (Å²) in [4.78, 5) is 17.1. The molecule has 1 aromatic carbocycles. The number of pyridine rings is 1. The van der Waals surface area contributed by atoms with Crippen molar-refractivity contribution >= 4 is 5.91 Å². The number of hydrogen-bond donors (Lipinski definition) is 3. The van der Waals surface area contributed by atoms with Gasteiger partial charge in [0, 0.05) is 43.4 Å². The number of methoxy groups -OCH3 is 1. The monoisotopic (exact) mass is 519 g/mol. The lowest BCUT2D eigenvalue weighted by atomic mass is 9.73. The van der Waals surface area contributed by atoms with Gasteiger partial charge in [-0.3, -0.25) is 4.79 Å². The molecule has 1 aliphatic heterocycles. The zero-order valence-electron chi connectivity index (χ0n) is 23.0. The Labute approximate surface area is 226 Å². The van der Waals surface area contributed by atoms with Gasteiger partial charge in [-0.2, -0.15) is 0 Å². The summed E-state index contributed by atoms with van der Waals surface area (Å²) in [6.07, 6.45) is 12.0. The third-order valence-electron chi connectivity index (χ3n) is 7.41. The molecule has 3 atom stereocenters. The number of benzene rings is 1. The highest BCUT2D eigenvalue weighted by Crippen LogP contribution is 2.48. The third kappa shape index (κ3) is 7.13. The van der Waals surface area contributed by atoms with E-state index in [1.807, 2.05) is 30.5 Å². The van der Waals surface area contributed by atoms with Crippen LogP contribution in [0.2, 0.25) is 0 Å². The van der Waals surface area contributed by atoms with E-state index < -0.39 is 12.1 Å². The number of aromatic nitrogens is 1. The molecule has 1 fully saturated rings. The highest BCUT2D eigenvalue weighted by atomic mass is 16.5. The summed E-state index contributed by atoms with van der Waals surface area (Å²) in [6, 6.07) is 9.30. The first-order chi connectivity index (χ1) is 18.1. The Morgan fingerprint density at radius 3 is 2.76 bits per heavy atom. The normalized spacial score (nSPS) is 19.4. The molecule has 2 aromatic rings. The van der Waals surface area contributed by atoms with Crippen LogP contribution in [0.5, 0.6) is 5.88 Å². The van der Waals surface area contributed by atoms with Gasteiger partial charge in [-0.05, 0) is 66.8 Å². The molecule has 7 nitrogen and oxygen atoms in total. The maximum absolute atomic E-state index is 12.4. The van der Waals surface area contributed by atoms with Gasteiger partial charge in [0.25, 0.3) is 0 Å². The second kappa shape index (κ2) is 11.9. The summed E-state index contributed by atoms with van der Waals surface area (Å²) < 4.78 is 11.4. The van der Waals surface area contributed by atoms with Crippen LogP contribution >= 0.6 is 0 Å². The van der Waals surface area contributed by atoms with E-state index >= 15 is 0 Å². The Morgan fingerprint density at radius 2 is 2.11 bits per heavy atom. The summed E-state index contributed by atoms with van der Waals surface area (Å²) in [5, 5.41) is 17.8. The molecule has 2 aliphatic rings. The van der Waals surface area contributed by atoms with Crippen LogP contribution in [0.25, 0.3) is 0 Å². The van der Waals surface area contributed by atoms with Crippen LogP contribution in [0, 0.1) is 17.8 Å². The fourth-order valence-corrected chi connectivity index (χ4v) is 5.46. The number of terminal acetylenes is 1. The topological polar surface area (TPSA) is 92.7 Å². The van der Waals surface area contributed by atoms with Crippen molar-refractivity contribution in [2.24, 2.45) is 5.41 Å². The molecule has 1 amide bonds. The Bertz CT molecular complexity index is 1160. The number of nitrogens with one attached hydrogen (secondary N) is 2. The fraction of sp³-hybridized carbons (Fsp3) is 0.548. The van der Waals surface area contributed by atoms with E-state index in [4.69, 9.17) is 20.9 Å². The minimum absolute atomic E-state index is 0.00112. The van der Waals surface area contributed by atoms with E-state index in [0.29, 0.717) is 18.8 Å². The summed E-state index contributed by atoms with van der Waals surface area (Å²) >= 11 is 0. The number of carbonyl (C=O) groups is 1. The summed E-state index contributed by atoms with van der Waals surface area (Å²) in [5.74, 6) is 3.06. The molecule has 2 heterocycles. The minimum Gasteiger partial charge on any atom is -0.471 e. The number of amides is 1. The van der Waals surface area contributed by atoms with Crippen LogP contribution in [0.15, 0.2) is 36.5 Å². The number of aliphatic hydroxyl groups excluding tert-OH is 1. The molecule has 0 saturated heterocycles. The molecule has 4 rings (SSSR count). The molecule has 7 heteroatoms. The smallest absolute Gasteiger partial charge is 0.246 e. The van der Waals surface area contributed by atoms with Crippen LogP contribution in [0.4, 0.5) is 0 Å². The largest absolute Gasteiger partial charge is 0.471 e. The van der Waals surface area contributed by atoms with E-state index in [1.165, 1.54) is 12.7 Å².